The number of aryl methyl sites for hydroxylation is 2. The van der Waals surface area contributed by atoms with E-state index in [-0.39, 0.29) is 12.1 Å². The van der Waals surface area contributed by atoms with Crippen LogP contribution in [0.25, 0.3) is 0 Å². The molecule has 1 aliphatic rings. The molecule has 32 heavy (non-hydrogen) atoms. The Kier molecular flexibility index (Phi) is 7.09. The number of hydrogen-bond donors (Lipinski definition) is 2. The molecule has 0 aromatic heterocycles. The molecule has 0 aliphatic carbocycles. The zero-order valence-corrected chi connectivity index (χ0v) is 19.6. The maximum atomic E-state index is 11.4. The second-order valence-corrected chi connectivity index (χ2v) is 8.66. The molecule has 0 bridgehead atoms. The Morgan fingerprint density at radius 3 is 2.38 bits per heavy atom. The average Bonchev–Trinajstić information content (AvgIpc) is 3.11. The number of hydrogen-bond acceptors (Lipinski definition) is 6. The molecule has 172 valence electrons. The molecule has 0 amide bonds. The Bertz CT molecular complexity index is 975. The van der Waals surface area contributed by atoms with Crippen LogP contribution < -0.4 is 14.8 Å². The molecular weight excluding hydrogens is 408 g/mol. The number of nitrogens with zero attached hydrogens (tertiary/aromatic N) is 1. The Hall–Kier alpha value is -3.06. The van der Waals surface area contributed by atoms with Crippen LogP contribution in [0.2, 0.25) is 0 Å². The molecule has 3 rings (SSSR count). The summed E-state index contributed by atoms with van der Waals surface area (Å²) < 4.78 is 16.9. The SMILES string of the molecule is COc1ccc(C2=NC(CNCc3cc(C)c(OC(C)(C)C(=O)O)c(C)c3)C(C)O2)cc1. The third kappa shape index (κ3) is 5.40. The van der Waals surface area contributed by atoms with E-state index < -0.39 is 11.6 Å². The van der Waals surface area contributed by atoms with E-state index in [1.807, 2.05) is 57.2 Å². The lowest BCUT2D eigenvalue weighted by molar-refractivity contribution is -0.152. The first-order valence-corrected chi connectivity index (χ1v) is 10.7. The van der Waals surface area contributed by atoms with Crippen LogP contribution in [-0.2, 0) is 16.1 Å². The van der Waals surface area contributed by atoms with Gasteiger partial charge >= 0.3 is 5.97 Å². The van der Waals surface area contributed by atoms with Crippen molar-refractivity contribution in [1.82, 2.24) is 5.32 Å². The number of carboxylic acid groups (broad SMARTS) is 1. The van der Waals surface area contributed by atoms with Crippen LogP contribution >= 0.6 is 0 Å². The van der Waals surface area contributed by atoms with E-state index in [0.717, 1.165) is 28.0 Å². The van der Waals surface area contributed by atoms with Gasteiger partial charge in [-0.05, 0) is 75.6 Å². The molecule has 1 aliphatic heterocycles. The largest absolute Gasteiger partial charge is 0.497 e. The standard InChI is InChI=1S/C25H32N2O5/c1-15-11-18(12-16(2)22(15)32-25(4,5)24(28)29)13-26-14-21-17(3)31-23(27-21)19-7-9-20(30-6)10-8-19/h7-12,17,21,26H,13-14H2,1-6H3,(H,28,29). The molecule has 0 fully saturated rings. The van der Waals surface area contributed by atoms with Gasteiger partial charge in [-0.15, -0.1) is 0 Å². The summed E-state index contributed by atoms with van der Waals surface area (Å²) in [6.45, 7) is 10.3. The van der Waals surface area contributed by atoms with Crippen molar-refractivity contribution < 1.29 is 24.1 Å². The zero-order chi connectivity index (χ0) is 23.5. The molecule has 1 heterocycles. The van der Waals surface area contributed by atoms with E-state index in [0.29, 0.717) is 24.7 Å². The number of aliphatic carboxylic acids is 1. The van der Waals surface area contributed by atoms with E-state index in [1.54, 1.807) is 21.0 Å². The lowest BCUT2D eigenvalue weighted by atomic mass is 10.0. The summed E-state index contributed by atoms with van der Waals surface area (Å²) in [6.07, 6.45) is -0.0166. The highest BCUT2D eigenvalue weighted by atomic mass is 16.5. The predicted molar refractivity (Wildman–Crippen MR) is 124 cm³/mol. The minimum Gasteiger partial charge on any atom is -0.497 e. The number of carbonyl (C=O) groups is 1. The number of carboxylic acids is 1. The van der Waals surface area contributed by atoms with Crippen molar-refractivity contribution in [2.24, 2.45) is 4.99 Å². The molecule has 0 spiro atoms. The van der Waals surface area contributed by atoms with E-state index in [2.05, 4.69) is 5.32 Å². The van der Waals surface area contributed by atoms with Gasteiger partial charge in [0.2, 0.25) is 5.90 Å². The summed E-state index contributed by atoms with van der Waals surface area (Å²) in [5.41, 5.74) is 2.58. The molecule has 0 radical (unpaired) electrons. The van der Waals surface area contributed by atoms with E-state index in [9.17, 15) is 9.90 Å². The molecule has 2 atom stereocenters. The molecule has 0 saturated carbocycles. The first kappa shape index (κ1) is 23.6. The smallest absolute Gasteiger partial charge is 0.347 e. The topological polar surface area (TPSA) is 89.4 Å². The fourth-order valence-corrected chi connectivity index (χ4v) is 3.59. The van der Waals surface area contributed by atoms with Gasteiger partial charge in [-0.1, -0.05) is 12.1 Å². The first-order valence-electron chi connectivity index (χ1n) is 10.7. The quantitative estimate of drug-likeness (QED) is 0.615. The zero-order valence-electron chi connectivity index (χ0n) is 19.6. The van der Waals surface area contributed by atoms with E-state index >= 15 is 0 Å². The van der Waals surface area contributed by atoms with Crippen molar-refractivity contribution >= 4 is 11.9 Å². The van der Waals surface area contributed by atoms with Crippen LogP contribution in [-0.4, -0.2) is 48.4 Å². The Labute approximate surface area is 189 Å². The highest BCUT2D eigenvalue weighted by molar-refractivity contribution is 5.95. The maximum absolute atomic E-state index is 11.4. The van der Waals surface area contributed by atoms with Crippen LogP contribution in [0, 0.1) is 13.8 Å². The van der Waals surface area contributed by atoms with Gasteiger partial charge < -0.3 is 24.6 Å². The van der Waals surface area contributed by atoms with Crippen molar-refractivity contribution in [3.8, 4) is 11.5 Å². The lowest BCUT2D eigenvalue weighted by Crippen LogP contribution is -2.38. The molecule has 0 saturated heterocycles. The number of methoxy groups -OCH3 is 1. The van der Waals surface area contributed by atoms with Gasteiger partial charge in [-0.3, -0.25) is 0 Å². The van der Waals surface area contributed by atoms with Crippen LogP contribution in [0.1, 0.15) is 43.0 Å². The molecule has 2 aromatic rings. The van der Waals surface area contributed by atoms with Crippen molar-refractivity contribution in [3.05, 3.63) is 58.7 Å². The summed E-state index contributed by atoms with van der Waals surface area (Å²) in [7, 11) is 1.64. The Morgan fingerprint density at radius 1 is 1.19 bits per heavy atom. The number of aliphatic imine (C=N–C) groups is 1. The third-order valence-corrected chi connectivity index (χ3v) is 5.53. The molecule has 7 nitrogen and oxygen atoms in total. The van der Waals surface area contributed by atoms with Gasteiger partial charge in [-0.25, -0.2) is 9.79 Å². The van der Waals surface area contributed by atoms with Crippen molar-refractivity contribution in [2.45, 2.75) is 58.9 Å². The monoisotopic (exact) mass is 440 g/mol. The number of nitrogens with one attached hydrogen (secondary N) is 1. The fourth-order valence-electron chi connectivity index (χ4n) is 3.59. The fraction of sp³-hybridized carbons (Fsp3) is 0.440. The maximum Gasteiger partial charge on any atom is 0.347 e. The van der Waals surface area contributed by atoms with Gasteiger partial charge in [0.1, 0.15) is 23.6 Å². The highest BCUT2D eigenvalue weighted by Gasteiger charge is 2.31. The van der Waals surface area contributed by atoms with Gasteiger partial charge in [0.15, 0.2) is 5.60 Å². The molecule has 7 heteroatoms. The van der Waals surface area contributed by atoms with Crippen molar-refractivity contribution in [1.29, 1.82) is 0 Å². The summed E-state index contributed by atoms with van der Waals surface area (Å²) in [5, 5.41) is 12.8. The Morgan fingerprint density at radius 2 is 1.81 bits per heavy atom. The minimum absolute atomic E-state index is 0.0166. The summed E-state index contributed by atoms with van der Waals surface area (Å²) in [6, 6.07) is 11.7. The molecule has 2 N–H and O–H groups in total. The summed E-state index contributed by atoms with van der Waals surface area (Å²) in [5.74, 6) is 1.07. The van der Waals surface area contributed by atoms with Gasteiger partial charge in [0.25, 0.3) is 0 Å². The lowest BCUT2D eigenvalue weighted by Gasteiger charge is -2.24. The second-order valence-electron chi connectivity index (χ2n) is 8.66. The summed E-state index contributed by atoms with van der Waals surface area (Å²) >= 11 is 0. The number of rotatable bonds is 9. The third-order valence-electron chi connectivity index (χ3n) is 5.53. The minimum atomic E-state index is -1.28. The van der Waals surface area contributed by atoms with Gasteiger partial charge in [0.05, 0.1) is 7.11 Å². The second kappa shape index (κ2) is 9.61. The van der Waals surface area contributed by atoms with Gasteiger partial charge in [-0.2, -0.15) is 0 Å². The normalized spacial score (nSPS) is 18.1. The Balaban J connectivity index is 1.61. The van der Waals surface area contributed by atoms with Crippen molar-refractivity contribution in [3.63, 3.8) is 0 Å². The van der Waals surface area contributed by atoms with Gasteiger partial charge in [0, 0.05) is 18.7 Å². The molecule has 2 unspecified atom stereocenters. The van der Waals surface area contributed by atoms with Crippen LogP contribution in [0.3, 0.4) is 0 Å². The predicted octanol–water partition coefficient (Wildman–Crippen LogP) is 3.88. The van der Waals surface area contributed by atoms with Crippen LogP contribution in [0.4, 0.5) is 0 Å². The van der Waals surface area contributed by atoms with Crippen LogP contribution in [0.5, 0.6) is 11.5 Å². The van der Waals surface area contributed by atoms with E-state index in [4.69, 9.17) is 19.2 Å². The van der Waals surface area contributed by atoms with E-state index in [1.165, 1.54) is 0 Å². The summed E-state index contributed by atoms with van der Waals surface area (Å²) in [4.78, 5) is 16.1. The number of benzene rings is 2. The number of ether oxygens (including phenoxy) is 3. The molecule has 2 aromatic carbocycles. The molecular formula is C25H32N2O5. The first-order chi connectivity index (χ1) is 15.1. The van der Waals surface area contributed by atoms with Crippen LogP contribution in [0.15, 0.2) is 41.4 Å². The van der Waals surface area contributed by atoms with Crippen molar-refractivity contribution in [2.75, 3.05) is 13.7 Å². The highest BCUT2D eigenvalue weighted by Crippen LogP contribution is 2.29. The average molecular weight is 441 g/mol.